The summed E-state index contributed by atoms with van der Waals surface area (Å²) in [6.07, 6.45) is 1.54. The Hall–Kier alpha value is -1.24. The van der Waals surface area contributed by atoms with Crippen LogP contribution in [-0.2, 0) is 28.5 Å². The van der Waals surface area contributed by atoms with Crippen LogP contribution in [0.2, 0.25) is 0 Å². The number of carbonyl (C=O) groups excluding carboxylic acids is 2. The van der Waals surface area contributed by atoms with E-state index in [9.17, 15) is 9.59 Å². The molecule has 0 saturated heterocycles. The molecule has 1 atom stereocenters. The number of esters is 1. The van der Waals surface area contributed by atoms with Crippen molar-refractivity contribution in [3.8, 4) is 0 Å². The van der Waals surface area contributed by atoms with Gasteiger partial charge in [-0.25, -0.2) is 0 Å². The first-order chi connectivity index (χ1) is 13.2. The molecule has 1 aromatic rings. The summed E-state index contributed by atoms with van der Waals surface area (Å²) in [5.74, 6) is -0.369. The van der Waals surface area contributed by atoms with Gasteiger partial charge in [0.15, 0.2) is 0 Å². The van der Waals surface area contributed by atoms with Gasteiger partial charge >= 0.3 is 143 Å². The molecule has 7 heteroatoms. The molecule has 0 radical (unpaired) electrons. The number of hydrogen-bond acceptors (Lipinski definition) is 6. The van der Waals surface area contributed by atoms with Crippen molar-refractivity contribution in [2.75, 3.05) is 46.8 Å². The van der Waals surface area contributed by atoms with E-state index in [-0.39, 0.29) is 44.6 Å². The molecule has 0 bridgehead atoms. The van der Waals surface area contributed by atoms with Crippen LogP contribution in [-0.4, -0.2) is 72.4 Å². The van der Waals surface area contributed by atoms with Crippen molar-refractivity contribution in [1.82, 2.24) is 0 Å². The van der Waals surface area contributed by atoms with E-state index in [4.69, 9.17) is 18.9 Å². The van der Waals surface area contributed by atoms with Gasteiger partial charge < -0.3 is 4.74 Å². The van der Waals surface area contributed by atoms with E-state index in [0.29, 0.717) is 39.5 Å². The molecular weight excluding hydrogens is 415 g/mol. The SMILES string of the molecule is CC[C@@H](CCC(=O)OCCOCCOCCOC)C(=O)[Se]c1ccccc1. The van der Waals surface area contributed by atoms with Crippen LogP contribution in [0.25, 0.3) is 0 Å². The molecule has 6 nitrogen and oxygen atoms in total. The monoisotopic (exact) mass is 446 g/mol. The number of hydrogen-bond donors (Lipinski definition) is 0. The first-order valence-electron chi connectivity index (χ1n) is 9.24. The fourth-order valence-electron chi connectivity index (χ4n) is 2.22. The average Bonchev–Trinajstić information content (AvgIpc) is 2.68. The van der Waals surface area contributed by atoms with E-state index in [1.54, 1.807) is 7.11 Å². The van der Waals surface area contributed by atoms with Gasteiger partial charge in [0, 0.05) is 7.11 Å². The molecule has 152 valence electrons. The molecule has 0 aromatic heterocycles. The molecule has 0 N–H and O–H groups in total. The van der Waals surface area contributed by atoms with E-state index >= 15 is 0 Å². The van der Waals surface area contributed by atoms with E-state index < -0.39 is 0 Å². The Bertz CT molecular complexity index is 522. The third-order valence-electron chi connectivity index (χ3n) is 3.78. The van der Waals surface area contributed by atoms with Crippen LogP contribution in [0.5, 0.6) is 0 Å². The first kappa shape index (κ1) is 23.8. The summed E-state index contributed by atoms with van der Waals surface area (Å²) >= 11 is -0.203. The second-order valence-electron chi connectivity index (χ2n) is 5.82. The normalized spacial score (nSPS) is 11.9. The van der Waals surface area contributed by atoms with E-state index in [2.05, 4.69) is 0 Å². The standard InChI is InChI=1S/C20H30O6Se/c1-3-17(20(22)27-18-7-5-4-6-8-18)9-10-19(21)26-16-15-25-14-13-24-12-11-23-2/h4-8,17H,3,9-16H2,1-2H3/t17-/m0/s1. The summed E-state index contributed by atoms with van der Waals surface area (Å²) in [5, 5.41) is 0. The van der Waals surface area contributed by atoms with Gasteiger partial charge in [-0.3, -0.25) is 0 Å². The molecule has 0 aliphatic rings. The summed E-state index contributed by atoms with van der Waals surface area (Å²) in [7, 11) is 1.62. The predicted molar refractivity (Wildman–Crippen MR) is 104 cm³/mol. The van der Waals surface area contributed by atoms with Gasteiger partial charge in [0.05, 0.1) is 13.2 Å². The second-order valence-corrected chi connectivity index (χ2v) is 8.08. The Morgan fingerprint density at radius 2 is 1.59 bits per heavy atom. The van der Waals surface area contributed by atoms with Crippen molar-refractivity contribution < 1.29 is 28.5 Å². The Kier molecular flexibility index (Phi) is 13.9. The van der Waals surface area contributed by atoms with Crippen molar-refractivity contribution in [1.29, 1.82) is 0 Å². The van der Waals surface area contributed by atoms with E-state index in [0.717, 1.165) is 10.9 Å². The molecule has 0 aliphatic carbocycles. The quantitative estimate of drug-likeness (QED) is 0.219. The van der Waals surface area contributed by atoms with Crippen LogP contribution in [0.15, 0.2) is 30.3 Å². The number of methoxy groups -OCH3 is 1. The maximum atomic E-state index is 12.4. The molecule has 0 unspecified atom stereocenters. The molecule has 0 amide bonds. The summed E-state index contributed by atoms with van der Waals surface area (Å²) in [6, 6.07) is 9.77. The van der Waals surface area contributed by atoms with Crippen molar-refractivity contribution in [2.45, 2.75) is 26.2 Å². The third kappa shape index (κ3) is 12.0. The molecule has 27 heavy (non-hydrogen) atoms. The van der Waals surface area contributed by atoms with Crippen LogP contribution in [0.1, 0.15) is 26.2 Å². The summed E-state index contributed by atoms with van der Waals surface area (Å²) in [6.45, 7) is 4.58. The molecule has 1 aromatic carbocycles. The first-order valence-corrected chi connectivity index (χ1v) is 11.0. The Labute approximate surface area is 168 Å². The fourth-order valence-corrected chi connectivity index (χ4v) is 4.27. The summed E-state index contributed by atoms with van der Waals surface area (Å²) in [4.78, 5) is 24.2. The van der Waals surface area contributed by atoms with Gasteiger partial charge in [-0.2, -0.15) is 0 Å². The Balaban J connectivity index is 2.10. The van der Waals surface area contributed by atoms with Gasteiger partial charge in [0.1, 0.15) is 0 Å². The zero-order valence-corrected chi connectivity index (χ0v) is 17.9. The van der Waals surface area contributed by atoms with E-state index in [1.807, 2.05) is 37.3 Å². The average molecular weight is 445 g/mol. The molecule has 0 fully saturated rings. The summed E-state index contributed by atoms with van der Waals surface area (Å²) in [5.41, 5.74) is 0. The zero-order valence-electron chi connectivity index (χ0n) is 16.2. The maximum absolute atomic E-state index is 12.4. The van der Waals surface area contributed by atoms with Gasteiger partial charge in [-0.05, 0) is 0 Å². The molecule has 0 aliphatic heterocycles. The van der Waals surface area contributed by atoms with Crippen LogP contribution in [0.3, 0.4) is 0 Å². The zero-order chi connectivity index (χ0) is 19.7. The van der Waals surface area contributed by atoms with Crippen LogP contribution < -0.4 is 4.46 Å². The minimum atomic E-state index is -0.284. The van der Waals surface area contributed by atoms with Gasteiger partial charge in [-0.15, -0.1) is 0 Å². The Morgan fingerprint density at radius 3 is 2.22 bits per heavy atom. The predicted octanol–water partition coefficient (Wildman–Crippen LogP) is 1.57. The van der Waals surface area contributed by atoms with Crippen molar-refractivity contribution in [3.05, 3.63) is 30.3 Å². The van der Waals surface area contributed by atoms with Gasteiger partial charge in [0.2, 0.25) is 0 Å². The summed E-state index contributed by atoms with van der Waals surface area (Å²) < 4.78 is 21.9. The fraction of sp³-hybridized carbons (Fsp3) is 0.600. The number of ether oxygens (including phenoxy) is 4. The van der Waals surface area contributed by atoms with Crippen LogP contribution in [0.4, 0.5) is 0 Å². The van der Waals surface area contributed by atoms with Crippen LogP contribution in [0, 0.1) is 5.92 Å². The molecule has 0 spiro atoms. The van der Waals surface area contributed by atoms with Crippen LogP contribution >= 0.6 is 0 Å². The molecule has 1 rings (SSSR count). The van der Waals surface area contributed by atoms with Crippen molar-refractivity contribution in [2.24, 2.45) is 5.92 Å². The number of benzene rings is 1. The number of carbonyl (C=O) groups is 2. The van der Waals surface area contributed by atoms with Crippen molar-refractivity contribution in [3.63, 3.8) is 0 Å². The minimum absolute atomic E-state index is 0.0849. The van der Waals surface area contributed by atoms with E-state index in [1.165, 1.54) is 0 Å². The molecule has 0 saturated carbocycles. The molecular formula is C20H30O6Se. The third-order valence-corrected chi connectivity index (χ3v) is 5.97. The second kappa shape index (κ2) is 15.8. The van der Waals surface area contributed by atoms with Gasteiger partial charge in [-0.1, -0.05) is 0 Å². The number of rotatable bonds is 16. The van der Waals surface area contributed by atoms with Crippen molar-refractivity contribution >= 4 is 30.1 Å². The van der Waals surface area contributed by atoms with Gasteiger partial charge in [0.25, 0.3) is 0 Å². The Morgan fingerprint density at radius 1 is 0.963 bits per heavy atom. The topological polar surface area (TPSA) is 71.1 Å². The molecule has 0 heterocycles.